The van der Waals surface area contributed by atoms with E-state index in [9.17, 15) is 4.79 Å². The molecule has 0 aliphatic carbocycles. The second-order valence-corrected chi connectivity index (χ2v) is 8.61. The van der Waals surface area contributed by atoms with Gasteiger partial charge in [0.1, 0.15) is 5.60 Å². The molecule has 0 unspecified atom stereocenters. The zero-order chi connectivity index (χ0) is 18.5. The normalized spacial score (nSPS) is 19.5. The summed E-state index contributed by atoms with van der Waals surface area (Å²) in [5.41, 5.74) is 2.19. The molecule has 1 saturated heterocycles. The van der Waals surface area contributed by atoms with Gasteiger partial charge < -0.3 is 14.0 Å². The fourth-order valence-electron chi connectivity index (χ4n) is 2.76. The number of hydrogen-bond donors (Lipinski definition) is 0. The second kappa shape index (κ2) is 5.89. The van der Waals surface area contributed by atoms with Crippen LogP contribution in [0.15, 0.2) is 12.1 Å². The van der Waals surface area contributed by atoms with Crippen LogP contribution in [0.5, 0.6) is 0 Å². The molecule has 5 heteroatoms. The lowest BCUT2D eigenvalue weighted by Crippen LogP contribution is -2.41. The molecule has 0 saturated carbocycles. The SMILES string of the molecule is Cc1cc(C(=O)OC(C)(C)C)cc(C)c1B1OC(C)(C)C(C)(C)O1. The molecule has 0 aromatic heterocycles. The summed E-state index contributed by atoms with van der Waals surface area (Å²) in [6.07, 6.45) is 0. The highest BCUT2D eigenvalue weighted by atomic mass is 16.7. The van der Waals surface area contributed by atoms with Crippen molar-refractivity contribution < 1.29 is 18.8 Å². The van der Waals surface area contributed by atoms with E-state index in [1.807, 2.05) is 74.4 Å². The molecule has 1 aliphatic rings. The molecule has 4 nitrogen and oxygen atoms in total. The average molecular weight is 332 g/mol. The van der Waals surface area contributed by atoms with Gasteiger partial charge in [-0.2, -0.15) is 0 Å². The highest BCUT2D eigenvalue weighted by Crippen LogP contribution is 2.37. The van der Waals surface area contributed by atoms with E-state index in [1.165, 1.54) is 0 Å². The summed E-state index contributed by atoms with van der Waals surface area (Å²) in [5, 5.41) is 0. The van der Waals surface area contributed by atoms with Crippen LogP contribution in [0.4, 0.5) is 0 Å². The molecule has 0 atom stereocenters. The largest absolute Gasteiger partial charge is 0.495 e. The Kier molecular flexibility index (Phi) is 4.66. The maximum Gasteiger partial charge on any atom is 0.495 e. The van der Waals surface area contributed by atoms with E-state index in [-0.39, 0.29) is 17.2 Å². The maximum atomic E-state index is 12.3. The van der Waals surface area contributed by atoms with E-state index in [2.05, 4.69) is 0 Å². The monoisotopic (exact) mass is 332 g/mol. The number of benzene rings is 1. The average Bonchev–Trinajstić information content (AvgIpc) is 2.54. The lowest BCUT2D eigenvalue weighted by molar-refractivity contribution is 0.00578. The van der Waals surface area contributed by atoms with E-state index in [4.69, 9.17) is 14.0 Å². The molecule has 1 aromatic rings. The third-order valence-electron chi connectivity index (χ3n) is 4.72. The summed E-state index contributed by atoms with van der Waals surface area (Å²) < 4.78 is 17.8. The first-order chi connectivity index (χ1) is 10.7. The Bertz CT molecular complexity index is 617. The van der Waals surface area contributed by atoms with Gasteiger partial charge in [-0.25, -0.2) is 4.79 Å². The van der Waals surface area contributed by atoms with Crippen molar-refractivity contribution in [2.75, 3.05) is 0 Å². The van der Waals surface area contributed by atoms with E-state index in [0.717, 1.165) is 16.6 Å². The molecule has 1 heterocycles. The summed E-state index contributed by atoms with van der Waals surface area (Å²) in [4.78, 5) is 12.3. The van der Waals surface area contributed by atoms with Crippen LogP contribution < -0.4 is 5.46 Å². The zero-order valence-corrected chi connectivity index (χ0v) is 16.4. The number of aryl methyl sites for hydroxylation is 2. The van der Waals surface area contributed by atoms with Crippen LogP contribution in [-0.4, -0.2) is 29.9 Å². The zero-order valence-electron chi connectivity index (χ0n) is 16.4. The Morgan fingerprint density at radius 2 is 1.42 bits per heavy atom. The molecule has 0 amide bonds. The van der Waals surface area contributed by atoms with Crippen LogP contribution in [0.2, 0.25) is 0 Å². The number of hydrogen-bond acceptors (Lipinski definition) is 4. The Morgan fingerprint density at radius 3 is 1.79 bits per heavy atom. The molecule has 0 radical (unpaired) electrons. The molecule has 0 bridgehead atoms. The number of rotatable bonds is 2. The summed E-state index contributed by atoms with van der Waals surface area (Å²) in [6.45, 7) is 17.7. The van der Waals surface area contributed by atoms with Gasteiger partial charge in [-0.05, 0) is 79.9 Å². The van der Waals surface area contributed by atoms with Gasteiger partial charge >= 0.3 is 13.1 Å². The molecule has 132 valence electrons. The maximum absolute atomic E-state index is 12.3. The van der Waals surface area contributed by atoms with Gasteiger partial charge in [0.25, 0.3) is 0 Å². The van der Waals surface area contributed by atoms with E-state index < -0.39 is 12.7 Å². The van der Waals surface area contributed by atoms with Gasteiger partial charge in [0, 0.05) is 0 Å². The highest BCUT2D eigenvalue weighted by molar-refractivity contribution is 6.63. The number of esters is 1. The topological polar surface area (TPSA) is 44.8 Å². The number of ether oxygens (including phenoxy) is 1. The van der Waals surface area contributed by atoms with E-state index in [1.54, 1.807) is 0 Å². The van der Waals surface area contributed by atoms with Gasteiger partial charge in [-0.15, -0.1) is 0 Å². The third-order valence-corrected chi connectivity index (χ3v) is 4.72. The van der Waals surface area contributed by atoms with Crippen molar-refractivity contribution in [3.8, 4) is 0 Å². The first-order valence-corrected chi connectivity index (χ1v) is 8.44. The van der Waals surface area contributed by atoms with Crippen molar-refractivity contribution in [1.29, 1.82) is 0 Å². The molecule has 0 N–H and O–H groups in total. The standard InChI is InChI=1S/C19H29BO4/c1-12-10-14(16(21)22-17(3,4)5)11-13(2)15(12)20-23-18(6,7)19(8,9)24-20/h10-11H,1-9H3. The van der Waals surface area contributed by atoms with Crippen LogP contribution in [0.3, 0.4) is 0 Å². The number of carbonyl (C=O) groups excluding carboxylic acids is 1. The van der Waals surface area contributed by atoms with Gasteiger partial charge in [-0.1, -0.05) is 11.1 Å². The molecule has 24 heavy (non-hydrogen) atoms. The first-order valence-electron chi connectivity index (χ1n) is 8.44. The molecular formula is C19H29BO4. The third kappa shape index (κ3) is 3.67. The molecule has 2 rings (SSSR count). The minimum absolute atomic E-state index is 0.311. The lowest BCUT2D eigenvalue weighted by Gasteiger charge is -2.32. The van der Waals surface area contributed by atoms with Crippen molar-refractivity contribution in [3.63, 3.8) is 0 Å². The molecule has 1 aromatic carbocycles. The van der Waals surface area contributed by atoms with Gasteiger partial charge in [0.15, 0.2) is 0 Å². The van der Waals surface area contributed by atoms with Crippen LogP contribution >= 0.6 is 0 Å². The van der Waals surface area contributed by atoms with Crippen LogP contribution in [0.1, 0.15) is 70.0 Å². The Balaban J connectivity index is 2.34. The smallest absolute Gasteiger partial charge is 0.456 e. The van der Waals surface area contributed by atoms with E-state index in [0.29, 0.717) is 5.56 Å². The minimum Gasteiger partial charge on any atom is -0.456 e. The fourth-order valence-corrected chi connectivity index (χ4v) is 2.76. The number of carbonyl (C=O) groups is 1. The summed E-state index contributed by atoms with van der Waals surface area (Å²) in [7, 11) is -0.428. The Hall–Kier alpha value is -1.33. The summed E-state index contributed by atoms with van der Waals surface area (Å²) >= 11 is 0. The predicted octanol–water partition coefficient (Wildman–Crippen LogP) is 3.56. The fraction of sp³-hybridized carbons (Fsp3) is 0.632. The Labute approximate surface area is 146 Å². The summed E-state index contributed by atoms with van der Waals surface area (Å²) in [6, 6.07) is 3.70. The van der Waals surface area contributed by atoms with Crippen molar-refractivity contribution in [1.82, 2.24) is 0 Å². The summed E-state index contributed by atoms with van der Waals surface area (Å²) in [5.74, 6) is -0.311. The second-order valence-electron chi connectivity index (χ2n) is 8.61. The van der Waals surface area contributed by atoms with E-state index >= 15 is 0 Å². The first kappa shape index (κ1) is 19.0. The lowest BCUT2D eigenvalue weighted by atomic mass is 9.73. The van der Waals surface area contributed by atoms with Gasteiger partial charge in [-0.3, -0.25) is 0 Å². The van der Waals surface area contributed by atoms with Crippen molar-refractivity contribution in [2.24, 2.45) is 0 Å². The predicted molar refractivity (Wildman–Crippen MR) is 96.8 cm³/mol. The highest BCUT2D eigenvalue weighted by Gasteiger charge is 2.52. The molecule has 1 fully saturated rings. The molecule has 1 aliphatic heterocycles. The van der Waals surface area contributed by atoms with Crippen LogP contribution in [0, 0.1) is 13.8 Å². The van der Waals surface area contributed by atoms with Crippen molar-refractivity contribution >= 4 is 18.6 Å². The van der Waals surface area contributed by atoms with Crippen molar-refractivity contribution in [3.05, 3.63) is 28.8 Å². The quantitative estimate of drug-likeness (QED) is 0.614. The van der Waals surface area contributed by atoms with Crippen LogP contribution in [-0.2, 0) is 14.0 Å². The van der Waals surface area contributed by atoms with Crippen molar-refractivity contribution in [2.45, 2.75) is 79.1 Å². The molecular weight excluding hydrogens is 303 g/mol. The molecule has 0 spiro atoms. The minimum atomic E-state index is -0.511. The van der Waals surface area contributed by atoms with Gasteiger partial charge in [0.05, 0.1) is 16.8 Å². The van der Waals surface area contributed by atoms with Gasteiger partial charge in [0.2, 0.25) is 0 Å². The van der Waals surface area contributed by atoms with Crippen LogP contribution in [0.25, 0.3) is 0 Å². The Morgan fingerprint density at radius 1 is 1.00 bits per heavy atom.